The molecule has 3 aromatic rings. The summed E-state index contributed by atoms with van der Waals surface area (Å²) in [4.78, 5) is 4.50. The highest BCUT2D eigenvalue weighted by atomic mass is 15.3. The molecule has 0 aliphatic carbocycles. The number of hydrogen-bond acceptors (Lipinski definition) is 5. The van der Waals surface area contributed by atoms with Crippen LogP contribution in [0.2, 0.25) is 0 Å². The van der Waals surface area contributed by atoms with Crippen LogP contribution in [-0.4, -0.2) is 15.2 Å². The van der Waals surface area contributed by atoms with Gasteiger partial charge in [-0.25, -0.2) is 0 Å². The topological polar surface area (TPSA) is 62.7 Å². The van der Waals surface area contributed by atoms with Crippen LogP contribution in [-0.2, 0) is 0 Å². The highest BCUT2D eigenvalue weighted by Crippen LogP contribution is 2.22. The molecule has 25 heavy (non-hydrogen) atoms. The van der Waals surface area contributed by atoms with Gasteiger partial charge in [-0.15, -0.1) is 5.10 Å². The van der Waals surface area contributed by atoms with Gasteiger partial charge in [-0.3, -0.25) is 0 Å². The van der Waals surface area contributed by atoms with Gasteiger partial charge in [0, 0.05) is 11.4 Å². The zero-order valence-electron chi connectivity index (χ0n) is 15.0. The standard InChI is InChI=1S/C20H23N5/c1-13(2)16-7-9-17(10-8-16)22-20-24-19(12-21-25-20)23-18-11-14(3)5-6-15(18)4/h5-13H,1-4H3,(H2,22,23,24,25). The largest absolute Gasteiger partial charge is 0.339 e. The highest BCUT2D eigenvalue weighted by molar-refractivity contribution is 5.62. The lowest BCUT2D eigenvalue weighted by Crippen LogP contribution is -2.03. The van der Waals surface area contributed by atoms with Crippen molar-refractivity contribution in [2.45, 2.75) is 33.6 Å². The van der Waals surface area contributed by atoms with E-state index in [1.54, 1.807) is 6.20 Å². The molecule has 2 aromatic carbocycles. The average molecular weight is 333 g/mol. The summed E-state index contributed by atoms with van der Waals surface area (Å²) in [6, 6.07) is 14.5. The summed E-state index contributed by atoms with van der Waals surface area (Å²) in [6.45, 7) is 8.48. The van der Waals surface area contributed by atoms with E-state index in [2.05, 4.69) is 83.8 Å². The van der Waals surface area contributed by atoms with Crippen molar-refractivity contribution in [1.29, 1.82) is 0 Å². The molecule has 128 valence electrons. The van der Waals surface area contributed by atoms with Crippen molar-refractivity contribution in [3.63, 3.8) is 0 Å². The van der Waals surface area contributed by atoms with Gasteiger partial charge in [0.1, 0.15) is 0 Å². The van der Waals surface area contributed by atoms with Crippen LogP contribution in [0.15, 0.2) is 48.7 Å². The molecule has 1 aromatic heterocycles. The second-order valence-corrected chi connectivity index (χ2v) is 6.51. The Morgan fingerprint density at radius 2 is 1.68 bits per heavy atom. The molecular weight excluding hydrogens is 310 g/mol. The molecule has 0 radical (unpaired) electrons. The summed E-state index contributed by atoms with van der Waals surface area (Å²) < 4.78 is 0. The van der Waals surface area contributed by atoms with Crippen LogP contribution in [0.25, 0.3) is 0 Å². The molecule has 0 bridgehead atoms. The second kappa shape index (κ2) is 7.30. The fraction of sp³-hybridized carbons (Fsp3) is 0.250. The first-order valence-electron chi connectivity index (χ1n) is 8.42. The first-order valence-corrected chi connectivity index (χ1v) is 8.42. The number of aryl methyl sites for hydroxylation is 2. The van der Waals surface area contributed by atoms with Gasteiger partial charge < -0.3 is 10.6 Å². The summed E-state index contributed by atoms with van der Waals surface area (Å²) >= 11 is 0. The molecule has 0 atom stereocenters. The van der Waals surface area contributed by atoms with Gasteiger partial charge in [-0.1, -0.05) is 38.1 Å². The number of benzene rings is 2. The third-order valence-electron chi connectivity index (χ3n) is 4.05. The van der Waals surface area contributed by atoms with Gasteiger partial charge in [-0.05, 0) is 54.7 Å². The Kier molecular flexibility index (Phi) is 4.93. The van der Waals surface area contributed by atoms with Crippen molar-refractivity contribution in [3.8, 4) is 0 Å². The quantitative estimate of drug-likeness (QED) is 0.680. The van der Waals surface area contributed by atoms with Crippen molar-refractivity contribution < 1.29 is 0 Å². The van der Waals surface area contributed by atoms with Gasteiger partial charge in [-0.2, -0.15) is 10.1 Å². The zero-order chi connectivity index (χ0) is 17.8. The van der Waals surface area contributed by atoms with Gasteiger partial charge in [0.25, 0.3) is 0 Å². The molecule has 0 amide bonds. The van der Waals surface area contributed by atoms with Gasteiger partial charge in [0.15, 0.2) is 5.82 Å². The van der Waals surface area contributed by atoms with E-state index in [0.29, 0.717) is 17.7 Å². The van der Waals surface area contributed by atoms with E-state index < -0.39 is 0 Å². The Balaban J connectivity index is 1.76. The number of anilines is 4. The maximum atomic E-state index is 4.50. The lowest BCUT2D eigenvalue weighted by molar-refractivity contribution is 0.867. The molecule has 5 heteroatoms. The van der Waals surface area contributed by atoms with Gasteiger partial charge in [0.05, 0.1) is 6.20 Å². The minimum absolute atomic E-state index is 0.465. The molecule has 0 unspecified atom stereocenters. The third-order valence-corrected chi connectivity index (χ3v) is 4.05. The Bertz CT molecular complexity index is 856. The summed E-state index contributed by atoms with van der Waals surface area (Å²) in [5, 5.41) is 14.6. The average Bonchev–Trinajstić information content (AvgIpc) is 2.59. The first-order chi connectivity index (χ1) is 12.0. The number of nitrogens with zero attached hydrogens (tertiary/aromatic N) is 3. The summed E-state index contributed by atoms with van der Waals surface area (Å²) in [5.74, 6) is 1.63. The Morgan fingerprint density at radius 3 is 2.40 bits per heavy atom. The predicted molar refractivity (Wildman–Crippen MR) is 103 cm³/mol. The van der Waals surface area contributed by atoms with E-state index in [1.165, 1.54) is 11.1 Å². The summed E-state index contributed by atoms with van der Waals surface area (Å²) in [7, 11) is 0. The molecule has 0 aliphatic rings. The van der Waals surface area contributed by atoms with Gasteiger partial charge in [0.2, 0.25) is 5.95 Å². The molecule has 2 N–H and O–H groups in total. The molecule has 0 spiro atoms. The fourth-order valence-corrected chi connectivity index (χ4v) is 2.51. The molecule has 0 saturated heterocycles. The van der Waals surface area contributed by atoms with Crippen molar-refractivity contribution in [3.05, 3.63) is 65.4 Å². The van der Waals surface area contributed by atoms with Crippen LogP contribution >= 0.6 is 0 Å². The summed E-state index contributed by atoms with van der Waals surface area (Å²) in [6.07, 6.45) is 1.62. The van der Waals surface area contributed by atoms with Crippen molar-refractivity contribution in [2.75, 3.05) is 10.6 Å². The number of hydrogen-bond donors (Lipinski definition) is 2. The minimum Gasteiger partial charge on any atom is -0.339 e. The van der Waals surface area contributed by atoms with Crippen LogP contribution < -0.4 is 10.6 Å². The first kappa shape index (κ1) is 16.9. The maximum absolute atomic E-state index is 4.50. The molecule has 1 heterocycles. The van der Waals surface area contributed by atoms with Crippen LogP contribution in [0.3, 0.4) is 0 Å². The van der Waals surface area contributed by atoms with Crippen molar-refractivity contribution in [2.24, 2.45) is 0 Å². The monoisotopic (exact) mass is 333 g/mol. The fourth-order valence-electron chi connectivity index (χ4n) is 2.51. The van der Waals surface area contributed by atoms with Crippen molar-refractivity contribution in [1.82, 2.24) is 15.2 Å². The van der Waals surface area contributed by atoms with E-state index in [0.717, 1.165) is 16.9 Å². The number of rotatable bonds is 5. The van der Waals surface area contributed by atoms with Crippen LogP contribution in [0.4, 0.5) is 23.1 Å². The minimum atomic E-state index is 0.465. The highest BCUT2D eigenvalue weighted by Gasteiger charge is 2.05. The van der Waals surface area contributed by atoms with Gasteiger partial charge >= 0.3 is 0 Å². The Hall–Kier alpha value is -2.95. The molecule has 0 fully saturated rings. The zero-order valence-corrected chi connectivity index (χ0v) is 15.0. The lowest BCUT2D eigenvalue weighted by Gasteiger charge is -2.11. The van der Waals surface area contributed by atoms with Crippen molar-refractivity contribution >= 4 is 23.1 Å². The lowest BCUT2D eigenvalue weighted by atomic mass is 10.0. The second-order valence-electron chi connectivity index (χ2n) is 6.51. The maximum Gasteiger partial charge on any atom is 0.249 e. The molecule has 0 saturated carbocycles. The Morgan fingerprint density at radius 1 is 0.920 bits per heavy atom. The van der Waals surface area contributed by atoms with E-state index in [1.807, 2.05) is 12.1 Å². The SMILES string of the molecule is Cc1ccc(C)c(Nc2cnnc(Nc3ccc(C(C)C)cc3)n2)c1. The van der Waals surface area contributed by atoms with E-state index in [-0.39, 0.29) is 0 Å². The predicted octanol–water partition coefficient (Wildman–Crippen LogP) is 5.10. The molecular formula is C20H23N5. The van der Waals surface area contributed by atoms with E-state index in [4.69, 9.17) is 0 Å². The molecule has 5 nitrogen and oxygen atoms in total. The summed E-state index contributed by atoms with van der Waals surface area (Å²) in [5.41, 5.74) is 5.61. The normalized spacial score (nSPS) is 10.8. The number of aromatic nitrogens is 3. The molecule has 0 aliphatic heterocycles. The third kappa shape index (κ3) is 4.32. The Labute approximate surface area is 148 Å². The van der Waals surface area contributed by atoms with E-state index >= 15 is 0 Å². The van der Waals surface area contributed by atoms with Crippen LogP contribution in [0, 0.1) is 13.8 Å². The smallest absolute Gasteiger partial charge is 0.249 e. The van der Waals surface area contributed by atoms with Crippen LogP contribution in [0.1, 0.15) is 36.5 Å². The molecule has 3 rings (SSSR count). The van der Waals surface area contributed by atoms with E-state index in [9.17, 15) is 0 Å². The van der Waals surface area contributed by atoms with Crippen LogP contribution in [0.5, 0.6) is 0 Å². The number of nitrogens with one attached hydrogen (secondary N) is 2.